The van der Waals surface area contributed by atoms with E-state index in [0.717, 1.165) is 19.3 Å². The van der Waals surface area contributed by atoms with Gasteiger partial charge in [-0.2, -0.15) is 0 Å². The predicted octanol–water partition coefficient (Wildman–Crippen LogP) is 4.93. The summed E-state index contributed by atoms with van der Waals surface area (Å²) in [6, 6.07) is 0. The van der Waals surface area contributed by atoms with Crippen molar-refractivity contribution in [2.75, 3.05) is 7.11 Å². The van der Waals surface area contributed by atoms with Crippen LogP contribution in [0.1, 0.15) is 78.6 Å². The van der Waals surface area contributed by atoms with Crippen LogP contribution in [-0.2, 0) is 19.0 Å². The van der Waals surface area contributed by atoms with Crippen molar-refractivity contribution in [3.05, 3.63) is 24.3 Å². The Hall–Kier alpha value is -1.17. The average Bonchev–Trinajstić information content (AvgIpc) is 3.40. The van der Waals surface area contributed by atoms with Crippen LogP contribution in [0, 0.1) is 11.8 Å². The summed E-state index contributed by atoms with van der Waals surface area (Å²) in [6.07, 6.45) is 16.8. The van der Waals surface area contributed by atoms with E-state index >= 15 is 0 Å². The SMILES string of the molecule is CCCCC/C=C\C[C@@H]1OC(C)(C)O[C@@H]1/C=C/[C@@H]1C[C@H]1[C@H](O)CCCC(=O)OC. The minimum absolute atomic E-state index is 0.0332. The fourth-order valence-electron chi connectivity index (χ4n) is 3.99. The molecular weight excluding hydrogens is 368 g/mol. The zero-order valence-corrected chi connectivity index (χ0v) is 18.6. The first-order valence-electron chi connectivity index (χ1n) is 11.3. The normalized spacial score (nSPS) is 29.6. The standard InChI is InChI=1S/C24H40O5/c1-5-6-7-8-9-10-13-21-22(29-24(2,3)28-21)16-15-18-17-19(18)20(25)12-11-14-23(26)27-4/h9-10,15-16,18-22,25H,5-8,11-14,17H2,1-4H3/b10-9-,16-15+/t18-,19-,20-,21+,22-/m1/s1. The highest BCUT2D eigenvalue weighted by Crippen LogP contribution is 2.44. The van der Waals surface area contributed by atoms with Crippen LogP contribution in [-0.4, -0.2) is 42.3 Å². The summed E-state index contributed by atoms with van der Waals surface area (Å²) in [5, 5.41) is 10.3. The first-order chi connectivity index (χ1) is 13.9. The summed E-state index contributed by atoms with van der Waals surface area (Å²) in [5.41, 5.74) is 0. The van der Waals surface area contributed by atoms with Crippen molar-refractivity contribution in [1.82, 2.24) is 0 Å². The van der Waals surface area contributed by atoms with Gasteiger partial charge in [0.15, 0.2) is 5.79 Å². The third-order valence-electron chi connectivity index (χ3n) is 5.77. The Kier molecular flexibility index (Phi) is 9.87. The van der Waals surface area contributed by atoms with E-state index in [0.29, 0.717) is 25.2 Å². The molecule has 5 nitrogen and oxygen atoms in total. The molecule has 2 aliphatic rings. The molecule has 166 valence electrons. The fourth-order valence-corrected chi connectivity index (χ4v) is 3.99. The van der Waals surface area contributed by atoms with Gasteiger partial charge >= 0.3 is 5.97 Å². The van der Waals surface area contributed by atoms with Crippen molar-refractivity contribution >= 4 is 5.97 Å². The Morgan fingerprint density at radius 3 is 2.72 bits per heavy atom. The predicted molar refractivity (Wildman–Crippen MR) is 114 cm³/mol. The maximum Gasteiger partial charge on any atom is 0.305 e. The molecule has 1 heterocycles. The Labute approximate surface area is 176 Å². The van der Waals surface area contributed by atoms with Crippen molar-refractivity contribution in [2.45, 2.75) is 103 Å². The van der Waals surface area contributed by atoms with Gasteiger partial charge in [0.25, 0.3) is 0 Å². The van der Waals surface area contributed by atoms with Gasteiger partial charge in [0.05, 0.1) is 19.3 Å². The number of hydrogen-bond acceptors (Lipinski definition) is 5. The van der Waals surface area contributed by atoms with Gasteiger partial charge in [0, 0.05) is 6.42 Å². The van der Waals surface area contributed by atoms with E-state index in [2.05, 4.69) is 36.0 Å². The van der Waals surface area contributed by atoms with E-state index in [1.165, 1.54) is 26.4 Å². The first kappa shape index (κ1) is 24.1. The number of rotatable bonds is 13. The maximum absolute atomic E-state index is 11.2. The summed E-state index contributed by atoms with van der Waals surface area (Å²) in [6.45, 7) is 6.14. The van der Waals surface area contributed by atoms with Crippen LogP contribution < -0.4 is 0 Å². The lowest BCUT2D eigenvalue weighted by molar-refractivity contribution is -0.142. The second kappa shape index (κ2) is 11.9. The number of aliphatic hydroxyl groups excluding tert-OH is 1. The molecule has 1 N–H and O–H groups in total. The van der Waals surface area contributed by atoms with Crippen LogP contribution in [0.5, 0.6) is 0 Å². The van der Waals surface area contributed by atoms with Gasteiger partial charge in [-0.05, 0) is 64.2 Å². The lowest BCUT2D eigenvalue weighted by Gasteiger charge is -2.16. The quantitative estimate of drug-likeness (QED) is 0.266. The van der Waals surface area contributed by atoms with Gasteiger partial charge in [-0.15, -0.1) is 0 Å². The van der Waals surface area contributed by atoms with Gasteiger partial charge < -0.3 is 19.3 Å². The number of carbonyl (C=O) groups excluding carboxylic acids is 1. The van der Waals surface area contributed by atoms with E-state index in [4.69, 9.17) is 9.47 Å². The van der Waals surface area contributed by atoms with Crippen molar-refractivity contribution in [2.24, 2.45) is 11.8 Å². The molecule has 0 aromatic heterocycles. The molecule has 0 unspecified atom stereocenters. The zero-order valence-electron chi connectivity index (χ0n) is 18.6. The molecule has 1 aliphatic heterocycles. The highest BCUT2D eigenvalue weighted by molar-refractivity contribution is 5.68. The lowest BCUT2D eigenvalue weighted by atomic mass is 10.1. The number of ether oxygens (including phenoxy) is 3. The smallest absolute Gasteiger partial charge is 0.305 e. The van der Waals surface area contributed by atoms with Crippen molar-refractivity contribution < 1.29 is 24.1 Å². The van der Waals surface area contributed by atoms with Crippen LogP contribution >= 0.6 is 0 Å². The van der Waals surface area contributed by atoms with Crippen LogP contribution in [0.3, 0.4) is 0 Å². The summed E-state index contributed by atoms with van der Waals surface area (Å²) in [4.78, 5) is 11.2. The van der Waals surface area contributed by atoms with Crippen LogP contribution in [0.4, 0.5) is 0 Å². The lowest BCUT2D eigenvalue weighted by Crippen LogP contribution is -2.21. The summed E-state index contributed by atoms with van der Waals surface area (Å²) in [7, 11) is 1.39. The Morgan fingerprint density at radius 2 is 2.00 bits per heavy atom. The summed E-state index contributed by atoms with van der Waals surface area (Å²) >= 11 is 0. The number of hydrogen-bond donors (Lipinski definition) is 1. The third-order valence-corrected chi connectivity index (χ3v) is 5.77. The van der Waals surface area contributed by atoms with Gasteiger partial charge in [0.2, 0.25) is 0 Å². The molecule has 0 radical (unpaired) electrons. The Bertz CT molecular complexity index is 553. The molecular formula is C24H40O5. The van der Waals surface area contributed by atoms with Crippen molar-refractivity contribution in [3.63, 3.8) is 0 Å². The van der Waals surface area contributed by atoms with E-state index < -0.39 is 5.79 Å². The molecule has 0 aromatic rings. The fraction of sp³-hybridized carbons (Fsp3) is 0.792. The van der Waals surface area contributed by atoms with Crippen molar-refractivity contribution in [1.29, 1.82) is 0 Å². The molecule has 1 aliphatic carbocycles. The van der Waals surface area contributed by atoms with E-state index in [1.807, 2.05) is 13.8 Å². The molecule has 5 heteroatoms. The largest absolute Gasteiger partial charge is 0.469 e. The molecule has 2 rings (SSSR count). The monoisotopic (exact) mass is 408 g/mol. The van der Waals surface area contributed by atoms with Gasteiger partial charge in [-0.3, -0.25) is 4.79 Å². The minimum Gasteiger partial charge on any atom is -0.469 e. The molecule has 29 heavy (non-hydrogen) atoms. The first-order valence-corrected chi connectivity index (χ1v) is 11.3. The van der Waals surface area contributed by atoms with Gasteiger partial charge in [0.1, 0.15) is 6.10 Å². The second-order valence-electron chi connectivity index (χ2n) is 8.83. The number of esters is 1. The maximum atomic E-state index is 11.2. The average molecular weight is 409 g/mol. The Morgan fingerprint density at radius 1 is 1.21 bits per heavy atom. The molecule has 0 bridgehead atoms. The van der Waals surface area contributed by atoms with Crippen LogP contribution in [0.2, 0.25) is 0 Å². The van der Waals surface area contributed by atoms with E-state index in [1.54, 1.807) is 0 Å². The molecule has 2 fully saturated rings. The van der Waals surface area contributed by atoms with Crippen LogP contribution in [0.25, 0.3) is 0 Å². The summed E-state index contributed by atoms with van der Waals surface area (Å²) < 4.78 is 16.8. The third kappa shape index (κ3) is 8.61. The second-order valence-corrected chi connectivity index (χ2v) is 8.83. The number of carbonyl (C=O) groups is 1. The van der Waals surface area contributed by atoms with Gasteiger partial charge in [-0.1, -0.05) is 44.1 Å². The summed E-state index contributed by atoms with van der Waals surface area (Å²) in [5.74, 6) is -0.0979. The van der Waals surface area contributed by atoms with Gasteiger partial charge in [-0.25, -0.2) is 0 Å². The topological polar surface area (TPSA) is 65.0 Å². The zero-order chi connectivity index (χ0) is 21.3. The Balaban J connectivity index is 1.75. The molecule has 0 amide bonds. The number of aliphatic hydroxyl groups is 1. The number of allylic oxidation sites excluding steroid dienone is 2. The molecule has 5 atom stereocenters. The minimum atomic E-state index is -0.563. The van der Waals surface area contributed by atoms with Crippen molar-refractivity contribution in [3.8, 4) is 0 Å². The molecule has 0 aromatic carbocycles. The number of methoxy groups -OCH3 is 1. The number of unbranched alkanes of at least 4 members (excludes halogenated alkanes) is 3. The molecule has 0 spiro atoms. The molecule has 1 saturated carbocycles. The highest BCUT2D eigenvalue weighted by atomic mass is 16.7. The molecule has 1 saturated heterocycles. The van der Waals surface area contributed by atoms with E-state index in [9.17, 15) is 9.90 Å². The van der Waals surface area contributed by atoms with Crippen LogP contribution in [0.15, 0.2) is 24.3 Å². The highest BCUT2D eigenvalue weighted by Gasteiger charge is 2.42. The van der Waals surface area contributed by atoms with E-state index in [-0.39, 0.29) is 30.2 Å².